The van der Waals surface area contributed by atoms with Crippen molar-refractivity contribution in [2.45, 2.75) is 31.0 Å². The van der Waals surface area contributed by atoms with E-state index in [-0.39, 0.29) is 13.0 Å². The molecule has 0 radical (unpaired) electrons. The topological polar surface area (TPSA) is 111 Å². The van der Waals surface area contributed by atoms with Crippen LogP contribution in [0.4, 0.5) is 4.79 Å². The Bertz CT molecular complexity index is 223. The smallest absolute Gasteiger partial charge is 0.404 e. The van der Waals surface area contributed by atoms with Crippen molar-refractivity contribution in [2.75, 3.05) is 13.7 Å². The molecule has 0 aliphatic carbocycles. The van der Waals surface area contributed by atoms with E-state index in [1.807, 2.05) is 0 Å². The van der Waals surface area contributed by atoms with Crippen molar-refractivity contribution in [2.24, 2.45) is 5.73 Å². The second-order valence-corrected chi connectivity index (χ2v) is 3.29. The SMILES string of the molecule is CO[C@@H]1O[C@H](COC(N)=O)C[C@@H](O)[C@H]1O. The van der Waals surface area contributed by atoms with Crippen LogP contribution in [0.1, 0.15) is 6.42 Å². The molecule has 0 spiro atoms. The van der Waals surface area contributed by atoms with Crippen LogP contribution >= 0.6 is 0 Å². The summed E-state index contributed by atoms with van der Waals surface area (Å²) in [5.41, 5.74) is 4.78. The summed E-state index contributed by atoms with van der Waals surface area (Å²) in [5.74, 6) is 0. The highest BCUT2D eigenvalue weighted by Gasteiger charge is 2.37. The lowest BCUT2D eigenvalue weighted by molar-refractivity contribution is -0.262. The molecule has 7 heteroatoms. The van der Waals surface area contributed by atoms with Gasteiger partial charge in [0.15, 0.2) is 6.29 Å². The molecule has 1 aliphatic rings. The number of carbonyl (C=O) groups is 1. The summed E-state index contributed by atoms with van der Waals surface area (Å²) < 4.78 is 14.5. The zero-order valence-corrected chi connectivity index (χ0v) is 8.33. The molecule has 0 aromatic heterocycles. The molecular weight excluding hydrogens is 206 g/mol. The molecule has 1 rings (SSSR count). The molecular formula is C8H15NO6. The number of rotatable bonds is 3. The summed E-state index contributed by atoms with van der Waals surface area (Å²) in [4.78, 5) is 10.3. The van der Waals surface area contributed by atoms with Crippen LogP contribution in [-0.4, -0.2) is 54.6 Å². The van der Waals surface area contributed by atoms with Gasteiger partial charge in [-0.25, -0.2) is 4.79 Å². The average molecular weight is 221 g/mol. The quantitative estimate of drug-likeness (QED) is 0.538. The van der Waals surface area contributed by atoms with Crippen LogP contribution in [0.3, 0.4) is 0 Å². The highest BCUT2D eigenvalue weighted by molar-refractivity contribution is 5.64. The fourth-order valence-corrected chi connectivity index (χ4v) is 1.39. The molecule has 1 fully saturated rings. The lowest BCUT2D eigenvalue weighted by Gasteiger charge is -2.35. The van der Waals surface area contributed by atoms with Gasteiger partial charge in [-0.1, -0.05) is 0 Å². The number of primary amides is 1. The van der Waals surface area contributed by atoms with Gasteiger partial charge in [0.2, 0.25) is 0 Å². The first-order chi connectivity index (χ1) is 7.04. The minimum absolute atomic E-state index is 0.0705. The standard InChI is InChI=1S/C8H15NO6/c1-13-7-6(11)5(10)2-4(15-7)3-14-8(9)12/h4-7,10-11H,2-3H2,1H3,(H2,9,12)/t4-,5+,6+,7+/m0/s1. The van der Waals surface area contributed by atoms with Crippen LogP contribution < -0.4 is 5.73 Å². The van der Waals surface area contributed by atoms with E-state index >= 15 is 0 Å². The monoisotopic (exact) mass is 221 g/mol. The van der Waals surface area contributed by atoms with Crippen molar-refractivity contribution in [1.29, 1.82) is 0 Å². The molecule has 1 heterocycles. The largest absolute Gasteiger partial charge is 0.447 e. The summed E-state index contributed by atoms with van der Waals surface area (Å²) >= 11 is 0. The minimum atomic E-state index is -1.10. The van der Waals surface area contributed by atoms with Crippen LogP contribution in [0, 0.1) is 0 Å². The van der Waals surface area contributed by atoms with Crippen molar-refractivity contribution in [3.05, 3.63) is 0 Å². The number of hydrogen-bond donors (Lipinski definition) is 3. The van der Waals surface area contributed by atoms with Gasteiger partial charge in [0, 0.05) is 13.5 Å². The highest BCUT2D eigenvalue weighted by Crippen LogP contribution is 2.20. The summed E-state index contributed by atoms with van der Waals surface area (Å²) in [6, 6.07) is 0. The lowest BCUT2D eigenvalue weighted by Crippen LogP contribution is -2.50. The molecule has 4 N–H and O–H groups in total. The van der Waals surface area contributed by atoms with Gasteiger partial charge < -0.3 is 30.2 Å². The van der Waals surface area contributed by atoms with Gasteiger partial charge in [-0.2, -0.15) is 0 Å². The Balaban J connectivity index is 2.44. The van der Waals surface area contributed by atoms with Crippen molar-refractivity contribution in [1.82, 2.24) is 0 Å². The van der Waals surface area contributed by atoms with Gasteiger partial charge >= 0.3 is 6.09 Å². The fraction of sp³-hybridized carbons (Fsp3) is 0.875. The second-order valence-electron chi connectivity index (χ2n) is 3.29. The molecule has 0 aromatic rings. The zero-order valence-electron chi connectivity index (χ0n) is 8.33. The van der Waals surface area contributed by atoms with E-state index in [1.165, 1.54) is 7.11 Å². The Morgan fingerprint density at radius 2 is 2.27 bits per heavy atom. The molecule has 0 bridgehead atoms. The number of aliphatic hydroxyl groups is 2. The molecule has 4 atom stereocenters. The molecule has 1 amide bonds. The minimum Gasteiger partial charge on any atom is -0.447 e. The number of nitrogens with two attached hydrogens (primary N) is 1. The van der Waals surface area contributed by atoms with E-state index in [4.69, 9.17) is 15.2 Å². The van der Waals surface area contributed by atoms with E-state index in [9.17, 15) is 15.0 Å². The van der Waals surface area contributed by atoms with Crippen molar-refractivity contribution >= 4 is 6.09 Å². The molecule has 0 aromatic carbocycles. The maximum atomic E-state index is 10.3. The first-order valence-electron chi connectivity index (χ1n) is 4.51. The first-order valence-corrected chi connectivity index (χ1v) is 4.51. The molecule has 0 saturated carbocycles. The summed E-state index contributed by atoms with van der Waals surface area (Å²) in [7, 11) is 1.35. The molecule has 15 heavy (non-hydrogen) atoms. The number of ether oxygens (including phenoxy) is 3. The average Bonchev–Trinajstić information content (AvgIpc) is 2.19. The molecule has 7 nitrogen and oxygen atoms in total. The third-order valence-electron chi connectivity index (χ3n) is 2.15. The molecule has 0 unspecified atom stereocenters. The zero-order chi connectivity index (χ0) is 11.4. The van der Waals surface area contributed by atoms with E-state index in [1.54, 1.807) is 0 Å². The molecule has 1 aliphatic heterocycles. The van der Waals surface area contributed by atoms with Crippen LogP contribution in [0.5, 0.6) is 0 Å². The third-order valence-corrected chi connectivity index (χ3v) is 2.15. The number of amides is 1. The van der Waals surface area contributed by atoms with Crippen LogP contribution in [0.15, 0.2) is 0 Å². The maximum absolute atomic E-state index is 10.3. The maximum Gasteiger partial charge on any atom is 0.404 e. The molecule has 88 valence electrons. The normalized spacial score (nSPS) is 36.2. The van der Waals surface area contributed by atoms with Gasteiger partial charge in [0.25, 0.3) is 0 Å². The lowest BCUT2D eigenvalue weighted by atomic mass is 10.0. The predicted octanol–water partition coefficient (Wildman–Crippen LogP) is -1.44. The predicted molar refractivity (Wildman–Crippen MR) is 47.8 cm³/mol. The number of aliphatic hydroxyl groups excluding tert-OH is 2. The van der Waals surface area contributed by atoms with Crippen molar-refractivity contribution in [3.8, 4) is 0 Å². The number of methoxy groups -OCH3 is 1. The Morgan fingerprint density at radius 3 is 2.80 bits per heavy atom. The molecule has 1 saturated heterocycles. The Morgan fingerprint density at radius 1 is 1.60 bits per heavy atom. The van der Waals surface area contributed by atoms with Crippen molar-refractivity contribution in [3.63, 3.8) is 0 Å². The second kappa shape index (κ2) is 5.26. The Kier molecular flexibility index (Phi) is 4.28. The summed E-state index contributed by atoms with van der Waals surface area (Å²) in [6.07, 6.45) is -4.26. The number of carbonyl (C=O) groups excluding carboxylic acids is 1. The summed E-state index contributed by atoms with van der Waals surface area (Å²) in [5, 5.41) is 18.8. The summed E-state index contributed by atoms with van der Waals surface area (Å²) in [6.45, 7) is -0.0705. The highest BCUT2D eigenvalue weighted by atomic mass is 16.7. The van der Waals surface area contributed by atoms with Gasteiger partial charge in [0.1, 0.15) is 12.7 Å². The van der Waals surface area contributed by atoms with Gasteiger partial charge in [0.05, 0.1) is 12.2 Å². The Hall–Kier alpha value is -0.890. The van der Waals surface area contributed by atoms with Gasteiger partial charge in [-0.05, 0) is 0 Å². The van der Waals surface area contributed by atoms with Gasteiger partial charge in [-0.3, -0.25) is 0 Å². The van der Waals surface area contributed by atoms with Gasteiger partial charge in [-0.15, -0.1) is 0 Å². The first kappa shape index (κ1) is 12.2. The van der Waals surface area contributed by atoms with E-state index in [0.29, 0.717) is 0 Å². The van der Waals surface area contributed by atoms with Crippen LogP contribution in [0.2, 0.25) is 0 Å². The van der Waals surface area contributed by atoms with E-state index < -0.39 is 30.7 Å². The van der Waals surface area contributed by atoms with E-state index in [0.717, 1.165) is 0 Å². The Labute approximate surface area is 86.7 Å². The fourth-order valence-electron chi connectivity index (χ4n) is 1.39. The van der Waals surface area contributed by atoms with Crippen LogP contribution in [-0.2, 0) is 14.2 Å². The number of hydrogen-bond acceptors (Lipinski definition) is 6. The third kappa shape index (κ3) is 3.31. The van der Waals surface area contributed by atoms with Crippen molar-refractivity contribution < 1.29 is 29.2 Å². The van der Waals surface area contributed by atoms with Crippen LogP contribution in [0.25, 0.3) is 0 Å². The van der Waals surface area contributed by atoms with E-state index in [2.05, 4.69) is 4.74 Å².